The second-order valence-corrected chi connectivity index (χ2v) is 8.06. The zero-order chi connectivity index (χ0) is 21.5. The molecule has 0 saturated carbocycles. The maximum absolute atomic E-state index is 12.9. The van der Waals surface area contributed by atoms with E-state index >= 15 is 0 Å². The highest BCUT2D eigenvalue weighted by molar-refractivity contribution is 8.15. The number of aryl methyl sites for hydroxylation is 1. The van der Waals surface area contributed by atoms with E-state index in [1.165, 1.54) is 18.9 Å². The van der Waals surface area contributed by atoms with Gasteiger partial charge in [0.15, 0.2) is 0 Å². The summed E-state index contributed by atoms with van der Waals surface area (Å²) >= 11 is 1.38. The highest BCUT2D eigenvalue weighted by Crippen LogP contribution is 2.32. The lowest BCUT2D eigenvalue weighted by Gasteiger charge is -2.16. The molecule has 1 amide bonds. The van der Waals surface area contributed by atoms with Gasteiger partial charge in [0.25, 0.3) is 0 Å². The molecule has 1 aliphatic heterocycles. The summed E-state index contributed by atoms with van der Waals surface area (Å²) in [4.78, 5) is 29.5. The summed E-state index contributed by atoms with van der Waals surface area (Å²) in [5.74, 6) is -0.422. The van der Waals surface area contributed by atoms with Gasteiger partial charge in [0, 0.05) is 11.4 Å². The van der Waals surface area contributed by atoms with Crippen LogP contribution in [0.2, 0.25) is 0 Å². The molecule has 0 aromatic heterocycles. The molecule has 0 aliphatic carbocycles. The minimum atomic E-state index is -0.346. The quantitative estimate of drug-likeness (QED) is 0.636. The molecule has 0 spiro atoms. The number of esters is 1. The first-order valence-corrected chi connectivity index (χ1v) is 10.6. The SMILES string of the molecule is CC[C@@H](SC1=Nc2ccccc2NC(CC(=O)OC)=C1)C(=O)Nc1ccccc1C. The Morgan fingerprint density at radius 2 is 1.90 bits per heavy atom. The standard InChI is InChI=1S/C23H25N3O3S/c1-4-20(23(28)26-17-10-6-5-9-15(17)2)30-21-13-16(14-22(27)29-3)24-18-11-7-8-12-19(18)25-21/h5-13,20,24H,4,14H2,1-3H3,(H,26,28)/t20-/m1/s1. The first kappa shape index (κ1) is 21.6. The van der Waals surface area contributed by atoms with E-state index in [4.69, 9.17) is 9.73 Å². The van der Waals surface area contributed by atoms with Crippen molar-refractivity contribution in [1.29, 1.82) is 0 Å². The number of hydrogen-bond donors (Lipinski definition) is 2. The third-order valence-corrected chi connectivity index (χ3v) is 5.90. The largest absolute Gasteiger partial charge is 0.469 e. The van der Waals surface area contributed by atoms with Crippen molar-refractivity contribution in [2.45, 2.75) is 31.9 Å². The van der Waals surface area contributed by atoms with Crippen LogP contribution in [-0.2, 0) is 14.3 Å². The molecule has 1 atom stereocenters. The van der Waals surface area contributed by atoms with E-state index < -0.39 is 0 Å². The van der Waals surface area contributed by atoms with Gasteiger partial charge in [-0.25, -0.2) is 4.99 Å². The molecule has 6 nitrogen and oxygen atoms in total. The first-order valence-electron chi connectivity index (χ1n) is 9.75. The Kier molecular flexibility index (Phi) is 7.30. The Hall–Kier alpha value is -3.06. The van der Waals surface area contributed by atoms with Gasteiger partial charge in [0.1, 0.15) is 0 Å². The maximum Gasteiger partial charge on any atom is 0.311 e. The van der Waals surface area contributed by atoms with Gasteiger partial charge in [0.2, 0.25) is 5.91 Å². The van der Waals surface area contributed by atoms with Gasteiger partial charge in [-0.05, 0) is 43.2 Å². The van der Waals surface area contributed by atoms with Crippen LogP contribution in [0.4, 0.5) is 17.1 Å². The second kappa shape index (κ2) is 10.1. The number of aliphatic imine (C=N–C) groups is 1. The number of benzene rings is 2. The first-order chi connectivity index (χ1) is 14.5. The maximum atomic E-state index is 12.9. The molecule has 1 heterocycles. The summed E-state index contributed by atoms with van der Waals surface area (Å²) in [6.07, 6.45) is 2.54. The Morgan fingerprint density at radius 3 is 2.63 bits per heavy atom. The van der Waals surface area contributed by atoms with Crippen molar-refractivity contribution in [2.24, 2.45) is 4.99 Å². The number of thioether (sulfide) groups is 1. The van der Waals surface area contributed by atoms with Crippen LogP contribution in [0.1, 0.15) is 25.3 Å². The summed E-state index contributed by atoms with van der Waals surface area (Å²) in [7, 11) is 1.36. The van der Waals surface area contributed by atoms with Crippen LogP contribution in [0.3, 0.4) is 0 Å². The number of hydrogen-bond acceptors (Lipinski definition) is 6. The molecule has 0 bridgehead atoms. The average molecular weight is 424 g/mol. The van der Waals surface area contributed by atoms with Crippen molar-refractivity contribution >= 4 is 45.7 Å². The number of methoxy groups -OCH3 is 1. The number of fused-ring (bicyclic) bond motifs is 1. The Morgan fingerprint density at radius 1 is 1.17 bits per heavy atom. The molecule has 30 heavy (non-hydrogen) atoms. The van der Waals surface area contributed by atoms with E-state index in [1.807, 2.05) is 68.5 Å². The van der Waals surface area contributed by atoms with Gasteiger partial charge >= 0.3 is 5.97 Å². The molecule has 2 N–H and O–H groups in total. The van der Waals surface area contributed by atoms with E-state index in [0.29, 0.717) is 17.2 Å². The number of ether oxygens (including phenoxy) is 1. The predicted octanol–water partition coefficient (Wildman–Crippen LogP) is 5.05. The summed E-state index contributed by atoms with van der Waals surface area (Å²) in [5.41, 5.74) is 4.05. The fraction of sp³-hybridized carbons (Fsp3) is 0.261. The number of nitrogens with one attached hydrogen (secondary N) is 2. The van der Waals surface area contributed by atoms with Crippen molar-refractivity contribution in [3.8, 4) is 0 Å². The minimum absolute atomic E-state index is 0.0760. The number of para-hydroxylation sites is 3. The molecule has 0 radical (unpaired) electrons. The van der Waals surface area contributed by atoms with Crippen LogP contribution in [0.25, 0.3) is 0 Å². The number of rotatable bonds is 6. The second-order valence-electron chi connectivity index (χ2n) is 6.83. The lowest BCUT2D eigenvalue weighted by Crippen LogP contribution is -2.26. The van der Waals surface area contributed by atoms with Crippen LogP contribution in [0, 0.1) is 6.92 Å². The lowest BCUT2D eigenvalue weighted by molar-refractivity contribution is -0.139. The zero-order valence-corrected chi connectivity index (χ0v) is 18.1. The topological polar surface area (TPSA) is 79.8 Å². The Labute approximate surface area is 180 Å². The fourth-order valence-corrected chi connectivity index (χ4v) is 3.95. The molecule has 0 saturated heterocycles. The van der Waals surface area contributed by atoms with Crippen LogP contribution in [-0.4, -0.2) is 29.3 Å². The molecule has 2 aromatic carbocycles. The Balaban J connectivity index is 1.84. The summed E-state index contributed by atoms with van der Waals surface area (Å²) < 4.78 is 4.80. The van der Waals surface area contributed by atoms with E-state index in [2.05, 4.69) is 10.6 Å². The third kappa shape index (κ3) is 5.51. The van der Waals surface area contributed by atoms with Gasteiger partial charge in [-0.3, -0.25) is 9.59 Å². The normalized spacial score (nSPS) is 13.7. The number of nitrogens with zero attached hydrogens (tertiary/aromatic N) is 1. The molecule has 0 fully saturated rings. The van der Waals surface area contributed by atoms with E-state index in [1.54, 1.807) is 0 Å². The molecule has 156 valence electrons. The number of carbonyl (C=O) groups excluding carboxylic acids is 2. The van der Waals surface area contributed by atoms with Gasteiger partial charge < -0.3 is 15.4 Å². The van der Waals surface area contributed by atoms with Crippen molar-refractivity contribution < 1.29 is 14.3 Å². The smallest absolute Gasteiger partial charge is 0.311 e. The molecular formula is C23H25N3O3S. The van der Waals surface area contributed by atoms with E-state index in [0.717, 1.165) is 22.6 Å². The van der Waals surface area contributed by atoms with E-state index in [9.17, 15) is 9.59 Å². The van der Waals surface area contributed by atoms with Crippen molar-refractivity contribution in [3.63, 3.8) is 0 Å². The van der Waals surface area contributed by atoms with Gasteiger partial charge in [0.05, 0.1) is 35.2 Å². The van der Waals surface area contributed by atoms with Crippen molar-refractivity contribution in [3.05, 3.63) is 65.9 Å². The minimum Gasteiger partial charge on any atom is -0.469 e. The average Bonchev–Trinajstić information content (AvgIpc) is 2.91. The van der Waals surface area contributed by atoms with Crippen LogP contribution in [0.15, 0.2) is 65.3 Å². The van der Waals surface area contributed by atoms with E-state index in [-0.39, 0.29) is 23.5 Å². The molecule has 7 heteroatoms. The number of carbonyl (C=O) groups is 2. The molecule has 2 aromatic rings. The van der Waals surface area contributed by atoms with Crippen LogP contribution < -0.4 is 10.6 Å². The molecular weight excluding hydrogens is 398 g/mol. The van der Waals surface area contributed by atoms with Crippen LogP contribution in [0.5, 0.6) is 0 Å². The Bertz CT molecular complexity index is 1000. The monoisotopic (exact) mass is 423 g/mol. The highest BCUT2D eigenvalue weighted by Gasteiger charge is 2.22. The zero-order valence-electron chi connectivity index (χ0n) is 17.3. The fourth-order valence-electron chi connectivity index (χ4n) is 2.96. The van der Waals surface area contributed by atoms with Gasteiger partial charge in [-0.1, -0.05) is 49.0 Å². The number of anilines is 2. The highest BCUT2D eigenvalue weighted by atomic mass is 32.2. The summed E-state index contributed by atoms with van der Waals surface area (Å²) in [5, 5.41) is 6.60. The van der Waals surface area contributed by atoms with Crippen molar-refractivity contribution in [2.75, 3.05) is 17.7 Å². The summed E-state index contributed by atoms with van der Waals surface area (Å²) in [6.45, 7) is 3.93. The predicted molar refractivity (Wildman–Crippen MR) is 123 cm³/mol. The molecule has 0 unspecified atom stereocenters. The number of amides is 1. The van der Waals surface area contributed by atoms with Gasteiger partial charge in [-0.2, -0.15) is 0 Å². The lowest BCUT2D eigenvalue weighted by atomic mass is 10.2. The van der Waals surface area contributed by atoms with Crippen LogP contribution >= 0.6 is 11.8 Å². The van der Waals surface area contributed by atoms with Crippen molar-refractivity contribution in [1.82, 2.24) is 0 Å². The third-order valence-electron chi connectivity index (χ3n) is 4.62. The van der Waals surface area contributed by atoms with Gasteiger partial charge in [-0.15, -0.1) is 0 Å². The molecule has 3 rings (SSSR count). The summed E-state index contributed by atoms with van der Waals surface area (Å²) in [6, 6.07) is 15.3. The molecule has 1 aliphatic rings.